The lowest BCUT2D eigenvalue weighted by molar-refractivity contribution is -0.122. The number of amides is 2. The highest BCUT2D eigenvalue weighted by Crippen LogP contribution is 2.23. The van der Waals surface area contributed by atoms with E-state index in [1.165, 1.54) is 0 Å². The van der Waals surface area contributed by atoms with E-state index in [4.69, 9.17) is 0 Å². The van der Waals surface area contributed by atoms with Crippen LogP contribution in [0.3, 0.4) is 0 Å². The highest BCUT2D eigenvalue weighted by molar-refractivity contribution is 5.76. The van der Waals surface area contributed by atoms with Gasteiger partial charge in [-0.2, -0.15) is 0 Å². The van der Waals surface area contributed by atoms with Crippen LogP contribution < -0.4 is 5.32 Å². The van der Waals surface area contributed by atoms with E-state index in [9.17, 15) is 14.7 Å². The van der Waals surface area contributed by atoms with E-state index in [-0.39, 0.29) is 18.0 Å². The SMILES string of the molecule is CC[C@@H](O)[C@@H]1C=CC[C@@H]2CC(=O)NCCCCN(C=O)CCCN21. The highest BCUT2D eigenvalue weighted by Gasteiger charge is 2.32. The molecule has 2 amide bonds. The van der Waals surface area contributed by atoms with Crippen molar-refractivity contribution in [2.45, 2.75) is 63.6 Å². The number of aliphatic hydroxyl groups is 1. The fourth-order valence-electron chi connectivity index (χ4n) is 3.61. The third kappa shape index (κ3) is 5.31. The lowest BCUT2D eigenvalue weighted by atomic mass is 9.94. The molecule has 0 radical (unpaired) electrons. The minimum absolute atomic E-state index is 0.0450. The molecule has 2 rings (SSSR count). The number of nitrogens with one attached hydrogen (secondary N) is 1. The summed E-state index contributed by atoms with van der Waals surface area (Å²) >= 11 is 0. The number of hydrogen-bond donors (Lipinski definition) is 2. The Labute approximate surface area is 144 Å². The standard InChI is InChI=1S/C18H31N3O3/c1-2-17(23)16-8-5-7-15-13-18(24)19-9-3-4-10-20(14-22)11-6-12-21(15)16/h5,8,14-17,23H,2-4,6-7,9-13H2,1H3,(H,19,24)/t15-,16+,17-/m1/s1. The van der Waals surface area contributed by atoms with Crippen molar-refractivity contribution in [3.05, 3.63) is 12.2 Å². The Bertz CT molecular complexity index is 441. The molecule has 2 aliphatic heterocycles. The molecule has 2 N–H and O–H groups in total. The van der Waals surface area contributed by atoms with Gasteiger partial charge in [-0.25, -0.2) is 0 Å². The van der Waals surface area contributed by atoms with E-state index in [2.05, 4.69) is 22.4 Å². The number of carbonyl (C=O) groups is 2. The number of fused-ring (bicyclic) bond motifs is 1. The first-order chi connectivity index (χ1) is 11.7. The van der Waals surface area contributed by atoms with Gasteiger partial charge in [0.15, 0.2) is 0 Å². The lowest BCUT2D eigenvalue weighted by Crippen LogP contribution is -2.51. The molecule has 0 saturated carbocycles. The Morgan fingerprint density at radius 1 is 1.33 bits per heavy atom. The van der Waals surface area contributed by atoms with Gasteiger partial charge in [0, 0.05) is 38.6 Å². The maximum absolute atomic E-state index is 12.2. The van der Waals surface area contributed by atoms with Crippen molar-refractivity contribution in [1.82, 2.24) is 15.1 Å². The maximum atomic E-state index is 12.2. The molecule has 24 heavy (non-hydrogen) atoms. The molecule has 0 spiro atoms. The van der Waals surface area contributed by atoms with Crippen LogP contribution in [0.15, 0.2) is 12.2 Å². The van der Waals surface area contributed by atoms with Crippen LogP contribution in [0.5, 0.6) is 0 Å². The summed E-state index contributed by atoms with van der Waals surface area (Å²) in [4.78, 5) is 27.5. The Morgan fingerprint density at radius 3 is 2.88 bits per heavy atom. The summed E-state index contributed by atoms with van der Waals surface area (Å²) in [6.45, 7) is 4.89. The second-order valence-electron chi connectivity index (χ2n) is 6.78. The summed E-state index contributed by atoms with van der Waals surface area (Å²) in [7, 11) is 0. The van der Waals surface area contributed by atoms with Crippen LogP contribution in [0, 0.1) is 0 Å². The molecule has 6 heteroatoms. The predicted molar refractivity (Wildman–Crippen MR) is 93.5 cm³/mol. The number of aliphatic hydroxyl groups excluding tert-OH is 1. The normalized spacial score (nSPS) is 28.8. The van der Waals surface area contributed by atoms with Crippen LogP contribution >= 0.6 is 0 Å². The van der Waals surface area contributed by atoms with Gasteiger partial charge in [-0.3, -0.25) is 14.5 Å². The van der Waals surface area contributed by atoms with Crippen molar-refractivity contribution >= 4 is 12.3 Å². The van der Waals surface area contributed by atoms with Crippen molar-refractivity contribution < 1.29 is 14.7 Å². The fraction of sp³-hybridized carbons (Fsp3) is 0.778. The predicted octanol–water partition coefficient (Wildman–Crippen LogP) is 0.905. The molecule has 1 fully saturated rings. The molecule has 3 atom stereocenters. The van der Waals surface area contributed by atoms with Gasteiger partial charge in [0.25, 0.3) is 0 Å². The zero-order valence-electron chi connectivity index (χ0n) is 14.7. The minimum atomic E-state index is -0.426. The number of nitrogens with zero attached hydrogens (tertiary/aromatic N) is 2. The summed E-state index contributed by atoms with van der Waals surface area (Å²) in [6.07, 6.45) is 9.29. The molecule has 0 aliphatic carbocycles. The van der Waals surface area contributed by atoms with E-state index in [1.807, 2.05) is 11.8 Å². The lowest BCUT2D eigenvalue weighted by Gasteiger charge is -2.41. The molecule has 0 aromatic rings. The smallest absolute Gasteiger partial charge is 0.221 e. The molecule has 2 heterocycles. The molecular weight excluding hydrogens is 306 g/mol. The molecule has 6 nitrogen and oxygen atoms in total. The number of carbonyl (C=O) groups excluding carboxylic acids is 2. The van der Waals surface area contributed by atoms with E-state index in [0.717, 1.165) is 51.7 Å². The van der Waals surface area contributed by atoms with Crippen LogP contribution in [0.4, 0.5) is 0 Å². The third-order valence-electron chi connectivity index (χ3n) is 5.03. The minimum Gasteiger partial charge on any atom is -0.391 e. The molecule has 0 bridgehead atoms. The zero-order valence-corrected chi connectivity index (χ0v) is 14.7. The van der Waals surface area contributed by atoms with E-state index < -0.39 is 6.10 Å². The van der Waals surface area contributed by atoms with Gasteiger partial charge in [-0.05, 0) is 32.1 Å². The second-order valence-corrected chi connectivity index (χ2v) is 6.78. The zero-order chi connectivity index (χ0) is 17.4. The fourth-order valence-corrected chi connectivity index (χ4v) is 3.61. The average Bonchev–Trinajstić information content (AvgIpc) is 2.61. The Hall–Kier alpha value is -1.40. The van der Waals surface area contributed by atoms with Crippen LogP contribution in [0.25, 0.3) is 0 Å². The second kappa shape index (κ2) is 9.79. The van der Waals surface area contributed by atoms with E-state index in [0.29, 0.717) is 19.4 Å². The summed E-state index contributed by atoms with van der Waals surface area (Å²) in [5, 5.41) is 13.3. The first kappa shape index (κ1) is 18.9. The molecule has 2 aliphatic rings. The Kier molecular flexibility index (Phi) is 7.72. The summed E-state index contributed by atoms with van der Waals surface area (Å²) in [5.74, 6) is 0.0801. The molecule has 1 saturated heterocycles. The summed E-state index contributed by atoms with van der Waals surface area (Å²) in [6, 6.07) is 0.0722. The van der Waals surface area contributed by atoms with Crippen LogP contribution in [0.1, 0.15) is 45.4 Å². The van der Waals surface area contributed by atoms with E-state index in [1.54, 1.807) is 0 Å². The number of rotatable bonds is 3. The van der Waals surface area contributed by atoms with Gasteiger partial charge in [-0.15, -0.1) is 0 Å². The molecular formula is C18H31N3O3. The van der Waals surface area contributed by atoms with Gasteiger partial charge in [0.1, 0.15) is 0 Å². The largest absolute Gasteiger partial charge is 0.391 e. The monoisotopic (exact) mass is 337 g/mol. The Morgan fingerprint density at radius 2 is 2.12 bits per heavy atom. The van der Waals surface area contributed by atoms with Crippen molar-refractivity contribution in [2.24, 2.45) is 0 Å². The first-order valence-electron chi connectivity index (χ1n) is 9.22. The third-order valence-corrected chi connectivity index (χ3v) is 5.03. The first-order valence-corrected chi connectivity index (χ1v) is 9.22. The maximum Gasteiger partial charge on any atom is 0.221 e. The van der Waals surface area contributed by atoms with Crippen molar-refractivity contribution in [2.75, 3.05) is 26.2 Å². The van der Waals surface area contributed by atoms with Crippen LogP contribution in [0.2, 0.25) is 0 Å². The average molecular weight is 337 g/mol. The van der Waals surface area contributed by atoms with Gasteiger partial charge in [0.2, 0.25) is 12.3 Å². The van der Waals surface area contributed by atoms with E-state index >= 15 is 0 Å². The van der Waals surface area contributed by atoms with Crippen LogP contribution in [-0.2, 0) is 9.59 Å². The molecule has 136 valence electrons. The van der Waals surface area contributed by atoms with Gasteiger partial charge >= 0.3 is 0 Å². The van der Waals surface area contributed by atoms with Crippen molar-refractivity contribution in [3.8, 4) is 0 Å². The van der Waals surface area contributed by atoms with Gasteiger partial charge < -0.3 is 15.3 Å². The van der Waals surface area contributed by atoms with Gasteiger partial charge in [-0.1, -0.05) is 19.1 Å². The molecule has 0 aromatic heterocycles. The molecule has 0 unspecified atom stereocenters. The van der Waals surface area contributed by atoms with Crippen molar-refractivity contribution in [1.29, 1.82) is 0 Å². The van der Waals surface area contributed by atoms with Crippen LogP contribution in [-0.4, -0.2) is 71.6 Å². The number of hydrogen-bond acceptors (Lipinski definition) is 4. The highest BCUT2D eigenvalue weighted by atomic mass is 16.3. The Balaban J connectivity index is 2.11. The van der Waals surface area contributed by atoms with Gasteiger partial charge in [0.05, 0.1) is 12.1 Å². The van der Waals surface area contributed by atoms with Crippen molar-refractivity contribution in [3.63, 3.8) is 0 Å². The molecule has 0 aromatic carbocycles. The topological polar surface area (TPSA) is 72.9 Å². The summed E-state index contributed by atoms with van der Waals surface area (Å²) in [5.41, 5.74) is 0. The summed E-state index contributed by atoms with van der Waals surface area (Å²) < 4.78 is 0. The quantitative estimate of drug-likeness (QED) is 0.593.